The number of carbonyl (C=O) groups excluding carboxylic acids is 1. The Kier molecular flexibility index (Phi) is 7.34. The summed E-state index contributed by atoms with van der Waals surface area (Å²) < 4.78 is 34.1. The second kappa shape index (κ2) is 10.2. The number of pyridine rings is 1. The molecule has 3 aromatic rings. The quantitative estimate of drug-likeness (QED) is 0.501. The van der Waals surface area contributed by atoms with Gasteiger partial charge in [0.05, 0.1) is 34.6 Å². The van der Waals surface area contributed by atoms with Crippen LogP contribution in [-0.2, 0) is 14.8 Å². The van der Waals surface area contributed by atoms with Crippen LogP contribution in [0.1, 0.15) is 16.8 Å². The Morgan fingerprint density at radius 3 is 2.47 bits per heavy atom. The van der Waals surface area contributed by atoms with Crippen LogP contribution in [0.5, 0.6) is 17.2 Å². The summed E-state index contributed by atoms with van der Waals surface area (Å²) >= 11 is 6.01. The summed E-state index contributed by atoms with van der Waals surface area (Å²) in [6.45, 7) is 1.08. The molecule has 0 fully saturated rings. The normalized spacial score (nSPS) is 10.6. The van der Waals surface area contributed by atoms with Crippen molar-refractivity contribution in [2.75, 3.05) is 11.9 Å². The Morgan fingerprint density at radius 1 is 1.09 bits per heavy atom. The molecule has 2 aromatic carbocycles. The van der Waals surface area contributed by atoms with Gasteiger partial charge in [0, 0.05) is 11.1 Å². The number of anilines is 1. The maximum atomic E-state index is 12.4. The number of carbonyl (C=O) groups is 1. The molecule has 3 rings (SSSR count). The monoisotopic (exact) mass is 497 g/mol. The second-order valence-corrected chi connectivity index (χ2v) is 8.77. The van der Waals surface area contributed by atoms with Crippen molar-refractivity contribution < 1.29 is 22.7 Å². The fourth-order valence-electron chi connectivity index (χ4n) is 2.75. The smallest absolute Gasteiger partial charge is 0.262 e. The minimum absolute atomic E-state index is 0.133. The lowest BCUT2D eigenvalue weighted by molar-refractivity contribution is -0.118. The fourth-order valence-corrected chi connectivity index (χ4v) is 3.49. The average molecular weight is 498 g/mol. The molecule has 0 unspecified atom stereocenters. The van der Waals surface area contributed by atoms with Crippen LogP contribution in [0.3, 0.4) is 0 Å². The summed E-state index contributed by atoms with van der Waals surface area (Å²) in [5.74, 6) is -0.0245. The maximum Gasteiger partial charge on any atom is 0.262 e. The summed E-state index contributed by atoms with van der Waals surface area (Å²) in [6.07, 6.45) is 0. The number of hydrogen-bond acceptors (Lipinski definition) is 8. The summed E-state index contributed by atoms with van der Waals surface area (Å²) in [6, 6.07) is 15.3. The molecule has 10 nitrogen and oxygen atoms in total. The van der Waals surface area contributed by atoms with Crippen LogP contribution < -0.4 is 19.9 Å². The zero-order valence-corrected chi connectivity index (χ0v) is 19.1. The van der Waals surface area contributed by atoms with Crippen molar-refractivity contribution in [2.45, 2.75) is 11.9 Å². The molecule has 0 saturated heterocycles. The third-order valence-electron chi connectivity index (χ3n) is 4.29. The molecule has 0 aliphatic carbocycles. The van der Waals surface area contributed by atoms with Crippen LogP contribution in [0.25, 0.3) is 0 Å². The van der Waals surface area contributed by atoms with Gasteiger partial charge in [0.1, 0.15) is 5.75 Å². The zero-order valence-electron chi connectivity index (χ0n) is 17.6. The van der Waals surface area contributed by atoms with E-state index in [0.717, 1.165) is 0 Å². The number of nitrogens with two attached hydrogens (primary N) is 1. The molecule has 1 aromatic heterocycles. The van der Waals surface area contributed by atoms with E-state index in [4.69, 9.17) is 31.5 Å². The van der Waals surface area contributed by atoms with E-state index in [2.05, 4.69) is 10.3 Å². The summed E-state index contributed by atoms with van der Waals surface area (Å²) in [4.78, 5) is 16.3. The predicted molar refractivity (Wildman–Crippen MR) is 122 cm³/mol. The van der Waals surface area contributed by atoms with Crippen LogP contribution in [-0.4, -0.2) is 25.9 Å². The number of amides is 1. The number of nitrogens with zero attached hydrogens (tertiary/aromatic N) is 3. The van der Waals surface area contributed by atoms with Crippen molar-refractivity contribution in [1.29, 1.82) is 10.5 Å². The predicted octanol–water partition coefficient (Wildman–Crippen LogP) is 3.24. The minimum Gasteiger partial charge on any atom is -0.480 e. The van der Waals surface area contributed by atoms with Gasteiger partial charge in [-0.2, -0.15) is 10.5 Å². The molecule has 0 bridgehead atoms. The van der Waals surface area contributed by atoms with Gasteiger partial charge < -0.3 is 14.8 Å². The first kappa shape index (κ1) is 24.5. The second-order valence-electron chi connectivity index (χ2n) is 6.83. The highest BCUT2D eigenvalue weighted by Crippen LogP contribution is 2.34. The molecule has 3 N–H and O–H groups in total. The molecule has 0 radical (unpaired) electrons. The van der Waals surface area contributed by atoms with Gasteiger partial charge in [-0.05, 0) is 49.4 Å². The number of aromatic nitrogens is 1. The van der Waals surface area contributed by atoms with Gasteiger partial charge in [0.15, 0.2) is 23.1 Å². The molecule has 1 heterocycles. The Labute approximate surface area is 200 Å². The number of halogens is 1. The van der Waals surface area contributed by atoms with E-state index >= 15 is 0 Å². The lowest BCUT2D eigenvalue weighted by Gasteiger charge is -2.14. The summed E-state index contributed by atoms with van der Waals surface area (Å²) in [5, 5.41) is 25.9. The third-order valence-corrected chi connectivity index (χ3v) is 5.31. The Balaban J connectivity index is 1.76. The minimum atomic E-state index is -3.97. The van der Waals surface area contributed by atoms with E-state index in [1.807, 2.05) is 12.1 Å². The van der Waals surface area contributed by atoms with Crippen LogP contribution in [0.4, 0.5) is 5.69 Å². The van der Waals surface area contributed by atoms with Gasteiger partial charge in [0.25, 0.3) is 15.9 Å². The number of ether oxygens (including phenoxy) is 2. The van der Waals surface area contributed by atoms with Gasteiger partial charge >= 0.3 is 0 Å². The van der Waals surface area contributed by atoms with Gasteiger partial charge in [0.2, 0.25) is 0 Å². The maximum absolute atomic E-state index is 12.4. The summed E-state index contributed by atoms with van der Waals surface area (Å²) in [7, 11) is -3.97. The molecular weight excluding hydrogens is 482 g/mol. The van der Waals surface area contributed by atoms with Crippen molar-refractivity contribution in [2.24, 2.45) is 5.14 Å². The number of nitrogens with one attached hydrogen (secondary N) is 1. The molecule has 0 aliphatic heterocycles. The number of hydrogen-bond donors (Lipinski definition) is 2. The van der Waals surface area contributed by atoms with Crippen molar-refractivity contribution in [3.05, 3.63) is 70.4 Å². The molecule has 1 amide bonds. The number of nitriles is 2. The standard InChI is InChI=1S/C22H16ClN5O5S/c1-13-18(3-5-22(27-13)34(26,30)31)28-21(29)12-32-19-4-2-14(10-24)8-20(19)33-17-7-15(11-25)6-16(23)9-17/h2-9H,12H2,1H3,(H,28,29)(H2,26,30,31). The fraction of sp³-hybridized carbons (Fsp3) is 0.0909. The first-order valence-corrected chi connectivity index (χ1v) is 11.4. The molecule has 0 aliphatic rings. The first-order valence-electron chi connectivity index (χ1n) is 9.45. The van der Waals surface area contributed by atoms with Crippen molar-refractivity contribution >= 4 is 33.2 Å². The molecular formula is C22H16ClN5O5S. The van der Waals surface area contributed by atoms with E-state index in [1.165, 1.54) is 55.5 Å². The highest BCUT2D eigenvalue weighted by Gasteiger charge is 2.15. The molecule has 0 saturated carbocycles. The van der Waals surface area contributed by atoms with Gasteiger partial charge in [-0.3, -0.25) is 4.79 Å². The Bertz CT molecular complexity index is 1460. The Morgan fingerprint density at radius 2 is 1.82 bits per heavy atom. The highest BCUT2D eigenvalue weighted by molar-refractivity contribution is 7.89. The SMILES string of the molecule is Cc1nc(S(N)(=O)=O)ccc1NC(=O)COc1ccc(C#N)cc1Oc1cc(Cl)cc(C#N)c1. The largest absolute Gasteiger partial charge is 0.480 e. The van der Waals surface area contributed by atoms with Crippen LogP contribution >= 0.6 is 11.6 Å². The molecule has 0 atom stereocenters. The van der Waals surface area contributed by atoms with Crippen molar-refractivity contribution in [1.82, 2.24) is 4.98 Å². The van der Waals surface area contributed by atoms with Crippen LogP contribution in [0.2, 0.25) is 5.02 Å². The van der Waals surface area contributed by atoms with Gasteiger partial charge in [-0.15, -0.1) is 0 Å². The molecule has 12 heteroatoms. The lowest BCUT2D eigenvalue weighted by atomic mass is 10.2. The van der Waals surface area contributed by atoms with Crippen molar-refractivity contribution in [3.8, 4) is 29.4 Å². The molecule has 34 heavy (non-hydrogen) atoms. The number of aryl methyl sites for hydroxylation is 1. The van der Waals surface area contributed by atoms with Crippen molar-refractivity contribution in [3.63, 3.8) is 0 Å². The number of sulfonamides is 1. The van der Waals surface area contributed by atoms with E-state index < -0.39 is 22.5 Å². The van der Waals surface area contributed by atoms with Gasteiger partial charge in [-0.1, -0.05) is 11.6 Å². The highest BCUT2D eigenvalue weighted by atomic mass is 35.5. The third kappa shape index (κ3) is 6.21. The first-order chi connectivity index (χ1) is 16.1. The average Bonchev–Trinajstić information content (AvgIpc) is 2.78. The zero-order chi connectivity index (χ0) is 24.9. The van der Waals surface area contributed by atoms with E-state index in [1.54, 1.807) is 0 Å². The van der Waals surface area contributed by atoms with Crippen LogP contribution in [0.15, 0.2) is 53.6 Å². The number of primary sulfonamides is 1. The molecule has 172 valence electrons. The number of benzene rings is 2. The van der Waals surface area contributed by atoms with Gasteiger partial charge in [-0.25, -0.2) is 18.5 Å². The molecule has 0 spiro atoms. The van der Waals surface area contributed by atoms with Crippen LogP contribution in [0, 0.1) is 29.6 Å². The lowest BCUT2D eigenvalue weighted by Crippen LogP contribution is -2.21. The number of rotatable bonds is 7. The topological polar surface area (TPSA) is 168 Å². The van der Waals surface area contributed by atoms with E-state index in [0.29, 0.717) is 0 Å². The Hall–Kier alpha value is -4.16. The van der Waals surface area contributed by atoms with E-state index in [9.17, 15) is 18.5 Å². The van der Waals surface area contributed by atoms with E-state index in [-0.39, 0.29) is 49.8 Å². The summed E-state index contributed by atoms with van der Waals surface area (Å²) in [5.41, 5.74) is 1.08.